The summed E-state index contributed by atoms with van der Waals surface area (Å²) in [6, 6.07) is 6.50. The second-order valence-corrected chi connectivity index (χ2v) is 6.12. The van der Waals surface area contributed by atoms with Gasteiger partial charge in [0.05, 0.1) is 11.6 Å². The molecule has 2 aromatic rings. The number of rotatable bonds is 1. The van der Waals surface area contributed by atoms with Crippen molar-refractivity contribution < 1.29 is 4.74 Å². The van der Waals surface area contributed by atoms with Crippen LogP contribution >= 0.6 is 0 Å². The molecule has 1 aliphatic rings. The van der Waals surface area contributed by atoms with Gasteiger partial charge in [0, 0.05) is 18.7 Å². The molecule has 2 heteroatoms. The number of methoxy groups -OCH3 is 1. The molecular formula is C19H27NO. The normalized spacial score (nSPS) is 20.6. The molecule has 0 N–H and O–H groups in total. The fraction of sp³-hybridized carbons (Fsp3) is 0.526. The summed E-state index contributed by atoms with van der Waals surface area (Å²) in [6.45, 7) is 8.66. The molecule has 21 heavy (non-hydrogen) atoms. The number of benzene rings is 1. The Balaban J connectivity index is 0.000000497. The number of hydrogen-bond acceptors (Lipinski definition) is 2. The van der Waals surface area contributed by atoms with E-state index < -0.39 is 0 Å². The van der Waals surface area contributed by atoms with Gasteiger partial charge in [-0.1, -0.05) is 38.8 Å². The van der Waals surface area contributed by atoms with E-state index in [0.29, 0.717) is 12.0 Å². The van der Waals surface area contributed by atoms with Crippen molar-refractivity contribution in [2.45, 2.75) is 59.0 Å². The van der Waals surface area contributed by atoms with Crippen molar-refractivity contribution in [3.05, 3.63) is 41.1 Å². The monoisotopic (exact) mass is 285 g/mol. The summed E-state index contributed by atoms with van der Waals surface area (Å²) in [4.78, 5) is 4.60. The molecule has 3 rings (SSSR count). The van der Waals surface area contributed by atoms with Gasteiger partial charge in [-0.3, -0.25) is 4.98 Å². The number of aromatic nitrogens is 1. The van der Waals surface area contributed by atoms with E-state index in [0.717, 1.165) is 18.4 Å². The third kappa shape index (κ3) is 3.44. The van der Waals surface area contributed by atoms with Crippen LogP contribution in [0.3, 0.4) is 0 Å². The van der Waals surface area contributed by atoms with E-state index in [1.54, 1.807) is 0 Å². The highest BCUT2D eigenvalue weighted by molar-refractivity contribution is 5.84. The Morgan fingerprint density at radius 2 is 2.00 bits per heavy atom. The zero-order valence-electron chi connectivity index (χ0n) is 13.9. The Labute approximate surface area is 128 Å². The zero-order chi connectivity index (χ0) is 15.4. The number of ether oxygens (including phenoxy) is 1. The summed E-state index contributed by atoms with van der Waals surface area (Å²) in [5, 5.41) is 1.31. The highest BCUT2D eigenvalue weighted by Gasteiger charge is 2.25. The van der Waals surface area contributed by atoms with Gasteiger partial charge in [0.15, 0.2) is 0 Å². The molecule has 0 spiro atoms. The van der Waals surface area contributed by atoms with Gasteiger partial charge in [0.1, 0.15) is 0 Å². The van der Waals surface area contributed by atoms with E-state index in [2.05, 4.69) is 57.1 Å². The molecule has 0 saturated carbocycles. The van der Waals surface area contributed by atoms with Crippen LogP contribution in [0.15, 0.2) is 24.4 Å². The maximum absolute atomic E-state index is 5.58. The Morgan fingerprint density at radius 1 is 1.29 bits per heavy atom. The van der Waals surface area contributed by atoms with Crippen LogP contribution in [0.4, 0.5) is 0 Å². The van der Waals surface area contributed by atoms with Gasteiger partial charge >= 0.3 is 0 Å². The smallest absolute Gasteiger partial charge is 0.0705 e. The van der Waals surface area contributed by atoms with Gasteiger partial charge < -0.3 is 4.74 Å². The number of pyridine rings is 1. The second-order valence-electron chi connectivity index (χ2n) is 6.12. The van der Waals surface area contributed by atoms with Crippen molar-refractivity contribution in [2.24, 2.45) is 0 Å². The first-order valence-corrected chi connectivity index (χ1v) is 8.01. The van der Waals surface area contributed by atoms with Gasteiger partial charge in [-0.25, -0.2) is 0 Å². The van der Waals surface area contributed by atoms with Gasteiger partial charge in [0.2, 0.25) is 0 Å². The molecule has 0 amide bonds. The number of aryl methyl sites for hydroxylation is 1. The molecule has 2 nitrogen and oxygen atoms in total. The van der Waals surface area contributed by atoms with E-state index in [1.165, 1.54) is 28.5 Å². The van der Waals surface area contributed by atoms with Crippen molar-refractivity contribution in [3.63, 3.8) is 0 Å². The summed E-state index contributed by atoms with van der Waals surface area (Å²) in [5.41, 5.74) is 5.24. The lowest BCUT2D eigenvalue weighted by Gasteiger charge is -2.29. The molecule has 114 valence electrons. The van der Waals surface area contributed by atoms with Crippen molar-refractivity contribution in [3.8, 4) is 0 Å². The average Bonchev–Trinajstić information content (AvgIpc) is 2.47. The third-order valence-corrected chi connectivity index (χ3v) is 4.08. The largest absolute Gasteiger partial charge is 0.381 e. The lowest BCUT2D eigenvalue weighted by Crippen LogP contribution is -2.24. The summed E-state index contributed by atoms with van der Waals surface area (Å²) in [6.07, 6.45) is 5.77. The first-order valence-electron chi connectivity index (χ1n) is 8.01. The lowest BCUT2D eigenvalue weighted by atomic mass is 9.81. The minimum absolute atomic E-state index is 0.346. The van der Waals surface area contributed by atoms with Gasteiger partial charge in [-0.05, 0) is 48.9 Å². The summed E-state index contributed by atoms with van der Waals surface area (Å²) < 4.78 is 5.58. The van der Waals surface area contributed by atoms with Crippen molar-refractivity contribution in [1.29, 1.82) is 0 Å². The fourth-order valence-corrected chi connectivity index (χ4v) is 3.04. The average molecular weight is 285 g/mol. The first-order chi connectivity index (χ1) is 10.1. The van der Waals surface area contributed by atoms with E-state index in [1.807, 2.05) is 7.11 Å². The summed E-state index contributed by atoms with van der Waals surface area (Å²) >= 11 is 0. The molecule has 0 aliphatic heterocycles. The van der Waals surface area contributed by atoms with Crippen LogP contribution in [0.5, 0.6) is 0 Å². The molecule has 2 atom stereocenters. The summed E-state index contributed by atoms with van der Waals surface area (Å²) in [5.74, 6) is 0.538. The predicted molar refractivity (Wildman–Crippen MR) is 90.0 cm³/mol. The highest BCUT2D eigenvalue weighted by Crippen LogP contribution is 2.35. The standard InChI is InChI=1S/C16H19NO.C3H8/c1-10-4-5-16-14(6-10)13-8-12(18-3)7-11(2)15(13)9-17-16;1-3-2/h4-6,9,11-12H,7-8H2,1-3H3;3H2,1-2H3. The molecule has 1 aliphatic carbocycles. The predicted octanol–water partition coefficient (Wildman–Crippen LogP) is 5.02. The molecular weight excluding hydrogens is 258 g/mol. The SMILES string of the molecule is CCC.COC1Cc2c(cnc3ccc(C)cc23)C(C)C1. The maximum atomic E-state index is 5.58. The molecule has 0 bridgehead atoms. The Hall–Kier alpha value is -1.41. The Morgan fingerprint density at radius 3 is 2.67 bits per heavy atom. The van der Waals surface area contributed by atoms with E-state index in [-0.39, 0.29) is 0 Å². The van der Waals surface area contributed by atoms with Crippen LogP contribution < -0.4 is 0 Å². The Bertz CT molecular complexity index is 606. The van der Waals surface area contributed by atoms with Gasteiger partial charge in [-0.15, -0.1) is 0 Å². The number of hydrogen-bond donors (Lipinski definition) is 0. The van der Waals surface area contributed by atoms with E-state index >= 15 is 0 Å². The van der Waals surface area contributed by atoms with Gasteiger partial charge in [0.25, 0.3) is 0 Å². The minimum atomic E-state index is 0.346. The molecule has 0 saturated heterocycles. The third-order valence-electron chi connectivity index (χ3n) is 4.08. The molecule has 0 radical (unpaired) electrons. The molecule has 1 heterocycles. The van der Waals surface area contributed by atoms with Crippen LogP contribution in [-0.4, -0.2) is 18.2 Å². The number of fused-ring (bicyclic) bond motifs is 3. The molecule has 1 aromatic carbocycles. The van der Waals surface area contributed by atoms with Crippen LogP contribution in [-0.2, 0) is 11.2 Å². The van der Waals surface area contributed by atoms with E-state index in [4.69, 9.17) is 4.74 Å². The quantitative estimate of drug-likeness (QED) is 0.733. The molecule has 1 aromatic heterocycles. The van der Waals surface area contributed by atoms with Crippen LogP contribution in [0.1, 0.15) is 56.2 Å². The van der Waals surface area contributed by atoms with Gasteiger partial charge in [-0.2, -0.15) is 0 Å². The van der Waals surface area contributed by atoms with Crippen LogP contribution in [0.25, 0.3) is 10.9 Å². The highest BCUT2D eigenvalue weighted by atomic mass is 16.5. The lowest BCUT2D eigenvalue weighted by molar-refractivity contribution is 0.0850. The first kappa shape index (κ1) is 16.0. The zero-order valence-corrected chi connectivity index (χ0v) is 13.9. The fourth-order valence-electron chi connectivity index (χ4n) is 3.04. The van der Waals surface area contributed by atoms with Crippen molar-refractivity contribution in [2.75, 3.05) is 7.11 Å². The van der Waals surface area contributed by atoms with Crippen molar-refractivity contribution in [1.82, 2.24) is 4.98 Å². The van der Waals surface area contributed by atoms with Crippen LogP contribution in [0.2, 0.25) is 0 Å². The molecule has 0 fully saturated rings. The van der Waals surface area contributed by atoms with Crippen LogP contribution in [0, 0.1) is 6.92 Å². The summed E-state index contributed by atoms with van der Waals surface area (Å²) in [7, 11) is 1.82. The minimum Gasteiger partial charge on any atom is -0.381 e. The topological polar surface area (TPSA) is 22.1 Å². The Kier molecular flexibility index (Phi) is 5.35. The van der Waals surface area contributed by atoms with E-state index in [9.17, 15) is 0 Å². The van der Waals surface area contributed by atoms with Crippen molar-refractivity contribution >= 4 is 10.9 Å². The molecule has 2 unspecified atom stereocenters. The number of nitrogens with zero attached hydrogens (tertiary/aromatic N) is 1. The maximum Gasteiger partial charge on any atom is 0.0705 e. The second kappa shape index (κ2) is 7.04.